The third-order valence-corrected chi connectivity index (χ3v) is 5.13. The fourth-order valence-electron chi connectivity index (χ4n) is 3.46. The van der Waals surface area contributed by atoms with Crippen LogP contribution in [0, 0.1) is 5.82 Å². The molecule has 0 aliphatic rings. The summed E-state index contributed by atoms with van der Waals surface area (Å²) < 4.78 is 13.4. The Morgan fingerprint density at radius 3 is 2.80 bits per heavy atom. The summed E-state index contributed by atoms with van der Waals surface area (Å²) in [5.74, 6) is 0.653. The van der Waals surface area contributed by atoms with Crippen molar-refractivity contribution in [3.8, 4) is 11.3 Å². The minimum atomic E-state index is -0.278. The van der Waals surface area contributed by atoms with Gasteiger partial charge in [-0.25, -0.2) is 9.37 Å². The van der Waals surface area contributed by atoms with Crippen LogP contribution in [0.2, 0.25) is 0 Å². The van der Waals surface area contributed by atoms with Gasteiger partial charge < -0.3 is 9.88 Å². The Morgan fingerprint density at radius 1 is 1.10 bits per heavy atom. The van der Waals surface area contributed by atoms with Gasteiger partial charge in [0.2, 0.25) is 5.91 Å². The molecule has 6 nitrogen and oxygen atoms in total. The van der Waals surface area contributed by atoms with E-state index in [-0.39, 0.29) is 11.7 Å². The number of aromatic amines is 2. The third-order valence-electron chi connectivity index (χ3n) is 5.13. The number of H-pyrrole nitrogens is 2. The van der Waals surface area contributed by atoms with E-state index >= 15 is 0 Å². The number of fused-ring (bicyclic) bond motifs is 1. The van der Waals surface area contributed by atoms with E-state index in [2.05, 4.69) is 20.2 Å². The normalized spacial score (nSPS) is 11.1. The predicted molar refractivity (Wildman–Crippen MR) is 114 cm³/mol. The maximum absolute atomic E-state index is 13.4. The highest BCUT2D eigenvalue weighted by atomic mass is 19.1. The molecule has 0 radical (unpaired) electrons. The number of hydrogen-bond acceptors (Lipinski definition) is 3. The molecule has 7 heteroatoms. The van der Waals surface area contributed by atoms with Gasteiger partial charge in [0, 0.05) is 37.7 Å². The third kappa shape index (κ3) is 4.74. The second-order valence-electron chi connectivity index (χ2n) is 7.41. The van der Waals surface area contributed by atoms with E-state index in [1.165, 1.54) is 12.1 Å². The molecule has 2 heterocycles. The molecule has 0 bridgehead atoms. The summed E-state index contributed by atoms with van der Waals surface area (Å²) in [7, 11) is 1.83. The minimum absolute atomic E-state index is 0.0977. The highest BCUT2D eigenvalue weighted by molar-refractivity contribution is 5.77. The molecule has 0 unspecified atom stereocenters. The molecule has 0 aliphatic carbocycles. The number of para-hydroxylation sites is 2. The summed E-state index contributed by atoms with van der Waals surface area (Å²) in [4.78, 5) is 22.0. The summed E-state index contributed by atoms with van der Waals surface area (Å²) >= 11 is 0. The van der Waals surface area contributed by atoms with Gasteiger partial charge in [-0.05, 0) is 43.2 Å². The second kappa shape index (κ2) is 8.90. The van der Waals surface area contributed by atoms with Gasteiger partial charge in [-0.1, -0.05) is 24.3 Å². The lowest BCUT2D eigenvalue weighted by Crippen LogP contribution is -2.28. The molecule has 0 spiro atoms. The molecular formula is C23H24FN5O. The van der Waals surface area contributed by atoms with Gasteiger partial charge >= 0.3 is 0 Å². The molecule has 4 aromatic rings. The van der Waals surface area contributed by atoms with Crippen LogP contribution in [0.5, 0.6) is 0 Å². The van der Waals surface area contributed by atoms with Gasteiger partial charge in [-0.3, -0.25) is 9.89 Å². The molecular weight excluding hydrogens is 381 g/mol. The van der Waals surface area contributed by atoms with E-state index < -0.39 is 0 Å². The number of nitrogens with one attached hydrogen (secondary N) is 2. The van der Waals surface area contributed by atoms with Crippen molar-refractivity contribution in [2.75, 3.05) is 13.6 Å². The standard InChI is InChI=1S/C23H24FN5O/c1-29(23(30)12-11-22-25-19-9-2-3-10-20(19)26-22)13-5-8-18-15-21(28-27-18)16-6-4-7-17(24)14-16/h2-4,6-7,9-10,14-15H,5,8,11-13H2,1H3,(H,25,26)(H,27,28). The highest BCUT2D eigenvalue weighted by Crippen LogP contribution is 2.19. The Labute approximate surface area is 174 Å². The number of aryl methyl sites for hydroxylation is 2. The molecule has 2 aromatic heterocycles. The second-order valence-corrected chi connectivity index (χ2v) is 7.41. The van der Waals surface area contributed by atoms with Crippen LogP contribution in [0.15, 0.2) is 54.6 Å². The van der Waals surface area contributed by atoms with E-state index in [0.29, 0.717) is 19.4 Å². The first-order chi connectivity index (χ1) is 14.6. The zero-order chi connectivity index (χ0) is 20.9. The Balaban J connectivity index is 1.23. The Bertz CT molecular complexity index is 1120. The van der Waals surface area contributed by atoms with Crippen molar-refractivity contribution in [2.24, 2.45) is 0 Å². The van der Waals surface area contributed by atoms with Gasteiger partial charge in [-0.15, -0.1) is 0 Å². The average Bonchev–Trinajstić information content (AvgIpc) is 3.38. The number of carbonyl (C=O) groups is 1. The first-order valence-corrected chi connectivity index (χ1v) is 10.1. The predicted octanol–water partition coefficient (Wildman–Crippen LogP) is 4.12. The van der Waals surface area contributed by atoms with Crippen LogP contribution < -0.4 is 0 Å². The Hall–Kier alpha value is -3.48. The summed E-state index contributed by atoms with van der Waals surface area (Å²) in [5, 5.41) is 7.26. The van der Waals surface area contributed by atoms with Crippen LogP contribution in [0.25, 0.3) is 22.3 Å². The van der Waals surface area contributed by atoms with Crippen LogP contribution in [0.4, 0.5) is 4.39 Å². The largest absolute Gasteiger partial charge is 0.346 e. The SMILES string of the molecule is CN(CCCc1cc(-c2cccc(F)c2)n[nH]1)C(=O)CCc1nc2ccccc2[nH]1. The molecule has 0 fully saturated rings. The highest BCUT2D eigenvalue weighted by Gasteiger charge is 2.11. The van der Waals surface area contributed by atoms with Crippen LogP contribution in [-0.4, -0.2) is 44.6 Å². The summed E-state index contributed by atoms with van der Waals surface area (Å²) in [5.41, 5.74) is 4.35. The molecule has 2 aromatic carbocycles. The van der Waals surface area contributed by atoms with Crippen LogP contribution in [-0.2, 0) is 17.6 Å². The number of halogens is 1. The van der Waals surface area contributed by atoms with Crippen LogP contribution in [0.3, 0.4) is 0 Å². The van der Waals surface area contributed by atoms with E-state index in [9.17, 15) is 9.18 Å². The number of nitrogens with zero attached hydrogens (tertiary/aromatic N) is 3. The van der Waals surface area contributed by atoms with Crippen molar-refractivity contribution < 1.29 is 9.18 Å². The topological polar surface area (TPSA) is 77.7 Å². The van der Waals surface area contributed by atoms with E-state index in [1.807, 2.05) is 43.4 Å². The first-order valence-electron chi connectivity index (χ1n) is 10.1. The van der Waals surface area contributed by atoms with E-state index in [1.54, 1.807) is 11.0 Å². The van der Waals surface area contributed by atoms with Gasteiger partial charge in [-0.2, -0.15) is 5.10 Å². The lowest BCUT2D eigenvalue weighted by Gasteiger charge is -2.16. The van der Waals surface area contributed by atoms with Crippen molar-refractivity contribution in [3.05, 3.63) is 71.9 Å². The number of hydrogen-bond donors (Lipinski definition) is 2. The molecule has 0 atom stereocenters. The number of aromatic nitrogens is 4. The zero-order valence-electron chi connectivity index (χ0n) is 16.9. The molecule has 0 saturated carbocycles. The first kappa shape index (κ1) is 19.8. The summed E-state index contributed by atoms with van der Waals surface area (Å²) in [6.07, 6.45) is 2.60. The molecule has 0 aliphatic heterocycles. The summed E-state index contributed by atoms with van der Waals surface area (Å²) in [6, 6.07) is 16.2. The van der Waals surface area contributed by atoms with Crippen LogP contribution >= 0.6 is 0 Å². The lowest BCUT2D eigenvalue weighted by atomic mass is 10.1. The van der Waals surface area contributed by atoms with Crippen molar-refractivity contribution in [1.29, 1.82) is 0 Å². The number of amides is 1. The van der Waals surface area contributed by atoms with Crippen molar-refractivity contribution in [1.82, 2.24) is 25.1 Å². The Kier molecular flexibility index (Phi) is 5.88. The average molecular weight is 405 g/mol. The molecule has 30 heavy (non-hydrogen) atoms. The van der Waals surface area contributed by atoms with Gasteiger partial charge in [0.15, 0.2) is 0 Å². The van der Waals surface area contributed by atoms with Crippen molar-refractivity contribution >= 4 is 16.9 Å². The Morgan fingerprint density at radius 2 is 1.97 bits per heavy atom. The maximum Gasteiger partial charge on any atom is 0.222 e. The van der Waals surface area contributed by atoms with Gasteiger partial charge in [0.1, 0.15) is 11.6 Å². The molecule has 2 N–H and O–H groups in total. The quantitative estimate of drug-likeness (QED) is 0.463. The van der Waals surface area contributed by atoms with E-state index in [4.69, 9.17) is 0 Å². The number of carbonyl (C=O) groups excluding carboxylic acids is 1. The monoisotopic (exact) mass is 405 g/mol. The van der Waals surface area contributed by atoms with Gasteiger partial charge in [0.05, 0.1) is 16.7 Å². The van der Waals surface area contributed by atoms with Crippen LogP contribution in [0.1, 0.15) is 24.4 Å². The molecule has 4 rings (SSSR count). The van der Waals surface area contributed by atoms with Crippen molar-refractivity contribution in [2.45, 2.75) is 25.7 Å². The fourth-order valence-corrected chi connectivity index (χ4v) is 3.46. The zero-order valence-corrected chi connectivity index (χ0v) is 16.9. The lowest BCUT2D eigenvalue weighted by molar-refractivity contribution is -0.129. The molecule has 154 valence electrons. The van der Waals surface area contributed by atoms with Gasteiger partial charge in [0.25, 0.3) is 0 Å². The molecule has 1 amide bonds. The fraction of sp³-hybridized carbons (Fsp3) is 0.261. The smallest absolute Gasteiger partial charge is 0.222 e. The maximum atomic E-state index is 13.4. The minimum Gasteiger partial charge on any atom is -0.346 e. The van der Waals surface area contributed by atoms with Crippen molar-refractivity contribution in [3.63, 3.8) is 0 Å². The summed E-state index contributed by atoms with van der Waals surface area (Å²) in [6.45, 7) is 0.660. The molecule has 0 saturated heterocycles. The number of rotatable bonds is 8. The number of benzene rings is 2. The van der Waals surface area contributed by atoms with E-state index in [0.717, 1.165) is 46.7 Å². The number of imidazole rings is 1.